The molecule has 0 bridgehead atoms. The Kier molecular flexibility index (Phi) is 4.29. The molecule has 6 nitrogen and oxygen atoms in total. The number of hydrogen-bond acceptors (Lipinski definition) is 4. The van der Waals surface area contributed by atoms with E-state index in [2.05, 4.69) is 16.5 Å². The number of rotatable bonds is 4. The number of hydrogen-bond donors (Lipinski definition) is 2. The molecular formula is C16H18N4O2. The Balaban J connectivity index is 2.10. The number of aromatic nitrogens is 2. The van der Waals surface area contributed by atoms with Gasteiger partial charge < -0.3 is 10.4 Å². The van der Waals surface area contributed by atoms with E-state index in [9.17, 15) is 9.90 Å². The van der Waals surface area contributed by atoms with Gasteiger partial charge in [-0.3, -0.25) is 9.48 Å². The molecule has 0 aliphatic rings. The zero-order valence-electron chi connectivity index (χ0n) is 12.8. The third kappa shape index (κ3) is 3.51. The highest BCUT2D eigenvalue weighted by molar-refractivity contribution is 5.96. The summed E-state index contributed by atoms with van der Waals surface area (Å²) in [5.74, 6) is -0.523. The van der Waals surface area contributed by atoms with Gasteiger partial charge in [0.2, 0.25) is 0 Å². The van der Waals surface area contributed by atoms with Gasteiger partial charge in [0.25, 0.3) is 5.91 Å². The number of aryl methyl sites for hydroxylation is 2. The predicted molar refractivity (Wildman–Crippen MR) is 82.1 cm³/mol. The van der Waals surface area contributed by atoms with Crippen LogP contribution in [0, 0.1) is 25.2 Å². The van der Waals surface area contributed by atoms with Crippen molar-refractivity contribution in [1.82, 2.24) is 9.78 Å². The van der Waals surface area contributed by atoms with Crippen LogP contribution in [0.5, 0.6) is 0 Å². The van der Waals surface area contributed by atoms with Gasteiger partial charge in [-0.05, 0) is 50.1 Å². The average molecular weight is 298 g/mol. The zero-order chi connectivity index (χ0) is 16.3. The number of aliphatic hydroxyl groups is 1. The molecule has 2 aromatic rings. The molecule has 6 heteroatoms. The number of nitriles is 1. The van der Waals surface area contributed by atoms with Crippen LogP contribution in [0.1, 0.15) is 23.6 Å². The molecule has 0 radical (unpaired) electrons. The van der Waals surface area contributed by atoms with Gasteiger partial charge in [0.15, 0.2) is 5.60 Å². The number of carbonyl (C=O) groups is 1. The number of nitrogens with one attached hydrogen (secondary N) is 1. The molecule has 114 valence electrons. The maximum absolute atomic E-state index is 12.2. The van der Waals surface area contributed by atoms with E-state index in [0.717, 1.165) is 11.1 Å². The molecule has 0 spiro atoms. The summed E-state index contributed by atoms with van der Waals surface area (Å²) in [6.45, 7) is 5.18. The number of amides is 1. The minimum absolute atomic E-state index is 0.0575. The van der Waals surface area contributed by atoms with E-state index < -0.39 is 11.5 Å². The molecule has 1 unspecified atom stereocenters. The topological polar surface area (TPSA) is 90.9 Å². The fourth-order valence-electron chi connectivity index (χ4n) is 2.07. The van der Waals surface area contributed by atoms with E-state index in [-0.39, 0.29) is 6.54 Å². The van der Waals surface area contributed by atoms with Gasteiger partial charge in [-0.2, -0.15) is 10.4 Å². The van der Waals surface area contributed by atoms with Crippen molar-refractivity contribution in [2.24, 2.45) is 0 Å². The lowest BCUT2D eigenvalue weighted by molar-refractivity contribution is -0.133. The Morgan fingerprint density at radius 3 is 2.77 bits per heavy atom. The summed E-state index contributed by atoms with van der Waals surface area (Å²) in [6, 6.07) is 7.04. The van der Waals surface area contributed by atoms with E-state index in [1.165, 1.54) is 11.6 Å². The Bertz CT molecular complexity index is 741. The summed E-state index contributed by atoms with van der Waals surface area (Å²) in [6.07, 6.45) is 3.42. The van der Waals surface area contributed by atoms with Crippen molar-refractivity contribution in [3.05, 3.63) is 47.3 Å². The number of benzene rings is 1. The van der Waals surface area contributed by atoms with Crippen LogP contribution in [0.15, 0.2) is 30.6 Å². The zero-order valence-corrected chi connectivity index (χ0v) is 12.8. The molecule has 1 atom stereocenters. The Morgan fingerprint density at radius 2 is 2.23 bits per heavy atom. The summed E-state index contributed by atoms with van der Waals surface area (Å²) in [5.41, 5.74) is 1.22. The van der Waals surface area contributed by atoms with Crippen LogP contribution < -0.4 is 5.32 Å². The van der Waals surface area contributed by atoms with Gasteiger partial charge in [-0.25, -0.2) is 0 Å². The summed E-state index contributed by atoms with van der Waals surface area (Å²) >= 11 is 0. The van der Waals surface area contributed by atoms with Gasteiger partial charge in [0.1, 0.15) is 0 Å². The minimum Gasteiger partial charge on any atom is -0.378 e. The van der Waals surface area contributed by atoms with E-state index >= 15 is 0 Å². The molecule has 2 rings (SSSR count). The second-order valence-corrected chi connectivity index (χ2v) is 5.58. The third-order valence-corrected chi connectivity index (χ3v) is 3.33. The number of carbonyl (C=O) groups excluding carboxylic acids is 1. The molecule has 22 heavy (non-hydrogen) atoms. The van der Waals surface area contributed by atoms with E-state index in [4.69, 9.17) is 5.26 Å². The normalized spacial score (nSPS) is 13.2. The molecular weight excluding hydrogens is 280 g/mol. The molecule has 2 N–H and O–H groups in total. The van der Waals surface area contributed by atoms with Crippen LogP contribution >= 0.6 is 0 Å². The highest BCUT2D eigenvalue weighted by Crippen LogP contribution is 2.17. The van der Waals surface area contributed by atoms with Crippen LogP contribution in [-0.4, -0.2) is 26.4 Å². The molecule has 0 aliphatic carbocycles. The standard InChI is InChI=1S/C16H18N4O2/c1-11-8-18-20(9-11)10-16(3,22)15(21)19-14-5-4-13(7-17)12(2)6-14/h4-6,8-9,22H,10H2,1-3H3,(H,19,21). The van der Waals surface area contributed by atoms with Crippen LogP contribution in [0.25, 0.3) is 0 Å². The molecule has 0 saturated heterocycles. The van der Waals surface area contributed by atoms with Crippen LogP contribution in [0.4, 0.5) is 5.69 Å². The quantitative estimate of drug-likeness (QED) is 0.899. The Labute approximate surface area is 129 Å². The molecule has 0 saturated carbocycles. The summed E-state index contributed by atoms with van der Waals surface area (Å²) < 4.78 is 1.53. The van der Waals surface area contributed by atoms with Gasteiger partial charge in [0.05, 0.1) is 24.4 Å². The monoisotopic (exact) mass is 298 g/mol. The lowest BCUT2D eigenvalue weighted by Gasteiger charge is -2.22. The van der Waals surface area contributed by atoms with Crippen molar-refractivity contribution in [2.45, 2.75) is 32.9 Å². The average Bonchev–Trinajstić information content (AvgIpc) is 2.83. The summed E-state index contributed by atoms with van der Waals surface area (Å²) in [4.78, 5) is 12.2. The van der Waals surface area contributed by atoms with Gasteiger partial charge in [0, 0.05) is 11.9 Å². The fourth-order valence-corrected chi connectivity index (χ4v) is 2.07. The molecule has 0 aliphatic heterocycles. The smallest absolute Gasteiger partial charge is 0.257 e. The van der Waals surface area contributed by atoms with Crippen LogP contribution in [0.2, 0.25) is 0 Å². The molecule has 1 heterocycles. The van der Waals surface area contributed by atoms with Gasteiger partial charge in [-0.15, -0.1) is 0 Å². The maximum atomic E-state index is 12.2. The van der Waals surface area contributed by atoms with Crippen molar-refractivity contribution in [1.29, 1.82) is 5.26 Å². The summed E-state index contributed by atoms with van der Waals surface area (Å²) in [7, 11) is 0. The van der Waals surface area contributed by atoms with Crippen molar-refractivity contribution in [3.63, 3.8) is 0 Å². The first kappa shape index (κ1) is 15.7. The third-order valence-electron chi connectivity index (χ3n) is 3.33. The second kappa shape index (κ2) is 6.00. The molecule has 1 aromatic heterocycles. The summed E-state index contributed by atoms with van der Waals surface area (Å²) in [5, 5.41) is 26.0. The van der Waals surface area contributed by atoms with E-state index in [1.807, 2.05) is 6.92 Å². The molecule has 0 fully saturated rings. The minimum atomic E-state index is -1.60. The first-order valence-corrected chi connectivity index (χ1v) is 6.85. The van der Waals surface area contributed by atoms with E-state index in [1.54, 1.807) is 37.5 Å². The van der Waals surface area contributed by atoms with Crippen molar-refractivity contribution in [2.75, 3.05) is 5.32 Å². The highest BCUT2D eigenvalue weighted by Gasteiger charge is 2.31. The Morgan fingerprint density at radius 1 is 1.50 bits per heavy atom. The van der Waals surface area contributed by atoms with Crippen molar-refractivity contribution < 1.29 is 9.90 Å². The van der Waals surface area contributed by atoms with Crippen molar-refractivity contribution >= 4 is 11.6 Å². The number of nitrogens with zero attached hydrogens (tertiary/aromatic N) is 3. The predicted octanol–water partition coefficient (Wildman–Crippen LogP) is 1.76. The largest absolute Gasteiger partial charge is 0.378 e. The number of anilines is 1. The second-order valence-electron chi connectivity index (χ2n) is 5.58. The molecule has 1 aromatic carbocycles. The molecule has 1 amide bonds. The SMILES string of the molecule is Cc1cnn(CC(C)(O)C(=O)Nc2ccc(C#N)c(C)c2)c1. The lowest BCUT2D eigenvalue weighted by Crippen LogP contribution is -2.43. The first-order chi connectivity index (χ1) is 10.3. The lowest BCUT2D eigenvalue weighted by atomic mass is 10.1. The fraction of sp³-hybridized carbons (Fsp3) is 0.312. The van der Waals surface area contributed by atoms with Crippen molar-refractivity contribution in [3.8, 4) is 6.07 Å². The highest BCUT2D eigenvalue weighted by atomic mass is 16.3. The van der Waals surface area contributed by atoms with E-state index in [0.29, 0.717) is 11.3 Å². The van der Waals surface area contributed by atoms with Crippen LogP contribution in [-0.2, 0) is 11.3 Å². The Hall–Kier alpha value is -2.65. The van der Waals surface area contributed by atoms with Gasteiger partial charge in [-0.1, -0.05) is 0 Å². The maximum Gasteiger partial charge on any atom is 0.257 e. The van der Waals surface area contributed by atoms with Crippen LogP contribution in [0.3, 0.4) is 0 Å². The first-order valence-electron chi connectivity index (χ1n) is 6.85. The van der Waals surface area contributed by atoms with Gasteiger partial charge >= 0.3 is 0 Å².